The number of anilines is 1. The van der Waals surface area contributed by atoms with Crippen molar-refractivity contribution in [1.82, 2.24) is 10.2 Å². The molecule has 152 valence electrons. The molecule has 6 heteroatoms. The molecule has 2 fully saturated rings. The fourth-order valence-corrected chi connectivity index (χ4v) is 4.25. The van der Waals surface area contributed by atoms with E-state index in [9.17, 15) is 14.3 Å². The number of aliphatic hydroxyl groups excluding tert-OH is 1. The van der Waals surface area contributed by atoms with Gasteiger partial charge >= 0.3 is 0 Å². The van der Waals surface area contributed by atoms with Gasteiger partial charge in [0, 0.05) is 25.3 Å². The minimum atomic E-state index is -0.749. The Morgan fingerprint density at radius 1 is 1.10 bits per heavy atom. The SMILES string of the molecule is O=C1NCN(c2ccccc2)C12CCN(CC=CC(O)c1ccc(F)cc1)CC2. The normalized spacial score (nSPS) is 20.3. The van der Waals surface area contributed by atoms with Crippen LogP contribution in [0.25, 0.3) is 0 Å². The lowest BCUT2D eigenvalue weighted by Gasteiger charge is -2.43. The first-order valence-electron chi connectivity index (χ1n) is 10.0. The number of rotatable bonds is 5. The third-order valence-corrected chi connectivity index (χ3v) is 5.98. The number of amides is 1. The van der Waals surface area contributed by atoms with Crippen LogP contribution in [0.15, 0.2) is 66.7 Å². The van der Waals surface area contributed by atoms with Crippen LogP contribution in [-0.4, -0.2) is 47.8 Å². The van der Waals surface area contributed by atoms with E-state index in [1.807, 2.05) is 36.4 Å². The second kappa shape index (κ2) is 8.35. The molecule has 2 aromatic rings. The number of halogens is 1. The molecule has 1 atom stereocenters. The third kappa shape index (κ3) is 4.04. The Bertz CT molecular complexity index is 861. The second-order valence-electron chi connectivity index (χ2n) is 7.68. The molecule has 1 unspecified atom stereocenters. The molecule has 29 heavy (non-hydrogen) atoms. The number of likely N-dealkylation sites (tertiary alicyclic amines) is 1. The highest BCUT2D eigenvalue weighted by Crippen LogP contribution is 2.36. The Balaban J connectivity index is 1.35. The summed E-state index contributed by atoms with van der Waals surface area (Å²) in [6, 6.07) is 16.0. The highest BCUT2D eigenvalue weighted by molar-refractivity contribution is 5.93. The number of nitrogens with one attached hydrogen (secondary N) is 1. The molecule has 2 heterocycles. The average Bonchev–Trinajstić information content (AvgIpc) is 3.06. The summed E-state index contributed by atoms with van der Waals surface area (Å²) in [5.74, 6) is -0.198. The maximum absolute atomic E-state index is 13.0. The number of hydrogen-bond donors (Lipinski definition) is 2. The number of aliphatic hydroxyl groups is 1. The van der Waals surface area contributed by atoms with E-state index in [-0.39, 0.29) is 11.7 Å². The van der Waals surface area contributed by atoms with E-state index in [1.54, 1.807) is 18.2 Å². The number of nitrogens with zero attached hydrogens (tertiary/aromatic N) is 2. The van der Waals surface area contributed by atoms with E-state index in [0.29, 0.717) is 18.8 Å². The Hall–Kier alpha value is -2.70. The van der Waals surface area contributed by atoms with Gasteiger partial charge in [-0.05, 0) is 42.7 Å². The van der Waals surface area contributed by atoms with Crippen molar-refractivity contribution in [3.8, 4) is 0 Å². The summed E-state index contributed by atoms with van der Waals surface area (Å²) in [6.07, 6.45) is 4.46. The molecule has 2 aromatic carbocycles. The van der Waals surface area contributed by atoms with Gasteiger partial charge in [0.2, 0.25) is 5.91 Å². The van der Waals surface area contributed by atoms with Gasteiger partial charge in [-0.1, -0.05) is 42.5 Å². The summed E-state index contributed by atoms with van der Waals surface area (Å²) in [4.78, 5) is 17.2. The first-order valence-corrected chi connectivity index (χ1v) is 10.0. The summed E-state index contributed by atoms with van der Waals surface area (Å²) >= 11 is 0. The van der Waals surface area contributed by atoms with Crippen LogP contribution in [0.2, 0.25) is 0 Å². The molecule has 2 N–H and O–H groups in total. The minimum absolute atomic E-state index is 0.114. The fourth-order valence-electron chi connectivity index (χ4n) is 4.25. The number of carbonyl (C=O) groups is 1. The molecule has 0 aromatic heterocycles. The maximum Gasteiger partial charge on any atom is 0.247 e. The molecule has 0 radical (unpaired) electrons. The van der Waals surface area contributed by atoms with E-state index in [1.165, 1.54) is 12.1 Å². The summed E-state index contributed by atoms with van der Waals surface area (Å²) < 4.78 is 13.0. The predicted molar refractivity (Wildman–Crippen MR) is 111 cm³/mol. The van der Waals surface area contributed by atoms with Gasteiger partial charge in [-0.3, -0.25) is 9.69 Å². The maximum atomic E-state index is 13.0. The number of hydrogen-bond acceptors (Lipinski definition) is 4. The van der Waals surface area contributed by atoms with Crippen LogP contribution in [0.1, 0.15) is 24.5 Å². The smallest absolute Gasteiger partial charge is 0.247 e. The molecule has 0 saturated carbocycles. The summed E-state index contributed by atoms with van der Waals surface area (Å²) in [6.45, 7) is 2.88. The van der Waals surface area contributed by atoms with Crippen molar-refractivity contribution in [3.63, 3.8) is 0 Å². The Labute approximate surface area is 170 Å². The van der Waals surface area contributed by atoms with Gasteiger partial charge in [0.1, 0.15) is 11.4 Å². The standard InChI is InChI=1S/C23H26FN3O2/c24-19-10-8-18(9-11-19)21(28)7-4-14-26-15-12-23(13-16-26)22(29)25-17-27(23)20-5-2-1-3-6-20/h1-11,21,28H,12-17H2,(H,25,29). The van der Waals surface area contributed by atoms with Gasteiger partial charge < -0.3 is 15.3 Å². The van der Waals surface area contributed by atoms with Crippen molar-refractivity contribution in [2.24, 2.45) is 0 Å². The molecule has 2 aliphatic heterocycles. The van der Waals surface area contributed by atoms with Gasteiger partial charge in [-0.2, -0.15) is 0 Å². The van der Waals surface area contributed by atoms with Crippen molar-refractivity contribution >= 4 is 11.6 Å². The van der Waals surface area contributed by atoms with Crippen LogP contribution < -0.4 is 10.2 Å². The van der Waals surface area contributed by atoms with Gasteiger partial charge in [0.15, 0.2) is 0 Å². The summed E-state index contributed by atoms with van der Waals surface area (Å²) in [7, 11) is 0. The molecule has 1 spiro atoms. The average molecular weight is 395 g/mol. The summed E-state index contributed by atoms with van der Waals surface area (Å²) in [5, 5.41) is 13.2. The van der Waals surface area contributed by atoms with Crippen LogP contribution in [0, 0.1) is 5.82 Å². The molecular formula is C23H26FN3O2. The Morgan fingerprint density at radius 3 is 2.48 bits per heavy atom. The quantitative estimate of drug-likeness (QED) is 0.765. The van der Waals surface area contributed by atoms with Crippen molar-refractivity contribution in [1.29, 1.82) is 0 Å². The molecule has 2 saturated heterocycles. The van der Waals surface area contributed by atoms with Crippen molar-refractivity contribution in [3.05, 3.63) is 78.1 Å². The van der Waals surface area contributed by atoms with Crippen molar-refractivity contribution < 1.29 is 14.3 Å². The van der Waals surface area contributed by atoms with E-state index in [4.69, 9.17) is 0 Å². The monoisotopic (exact) mass is 395 g/mol. The topological polar surface area (TPSA) is 55.8 Å². The van der Waals surface area contributed by atoms with Gasteiger partial charge in [0.25, 0.3) is 0 Å². The fraction of sp³-hybridized carbons (Fsp3) is 0.348. The zero-order valence-electron chi connectivity index (χ0n) is 16.3. The lowest BCUT2D eigenvalue weighted by atomic mass is 9.85. The zero-order valence-corrected chi connectivity index (χ0v) is 16.3. The van der Waals surface area contributed by atoms with Gasteiger partial charge in [0.05, 0.1) is 12.8 Å². The van der Waals surface area contributed by atoms with Crippen LogP contribution in [0.3, 0.4) is 0 Å². The lowest BCUT2D eigenvalue weighted by Crippen LogP contribution is -2.56. The lowest BCUT2D eigenvalue weighted by molar-refractivity contribution is -0.125. The van der Waals surface area contributed by atoms with Crippen molar-refractivity contribution in [2.45, 2.75) is 24.5 Å². The Kier molecular flexibility index (Phi) is 5.65. The number of benzene rings is 2. The molecule has 4 rings (SSSR count). The van der Waals surface area contributed by atoms with Crippen molar-refractivity contribution in [2.75, 3.05) is 31.2 Å². The largest absolute Gasteiger partial charge is 0.384 e. The molecule has 0 aliphatic carbocycles. The first kappa shape index (κ1) is 19.6. The van der Waals surface area contributed by atoms with E-state index < -0.39 is 11.6 Å². The number of piperidine rings is 1. The van der Waals surface area contributed by atoms with E-state index in [0.717, 1.165) is 31.6 Å². The molecule has 5 nitrogen and oxygen atoms in total. The van der Waals surface area contributed by atoms with Crippen LogP contribution in [-0.2, 0) is 4.79 Å². The molecule has 0 bridgehead atoms. The van der Waals surface area contributed by atoms with Crippen LogP contribution in [0.4, 0.5) is 10.1 Å². The predicted octanol–water partition coefficient (Wildman–Crippen LogP) is 2.84. The molecular weight excluding hydrogens is 369 g/mol. The molecule has 2 aliphatic rings. The Morgan fingerprint density at radius 2 is 1.79 bits per heavy atom. The van der Waals surface area contributed by atoms with E-state index in [2.05, 4.69) is 15.1 Å². The van der Waals surface area contributed by atoms with Crippen LogP contribution in [0.5, 0.6) is 0 Å². The highest BCUT2D eigenvalue weighted by atomic mass is 19.1. The van der Waals surface area contributed by atoms with E-state index >= 15 is 0 Å². The van der Waals surface area contributed by atoms with Crippen LogP contribution >= 0.6 is 0 Å². The number of para-hydroxylation sites is 1. The minimum Gasteiger partial charge on any atom is -0.384 e. The first-order chi connectivity index (χ1) is 14.1. The highest BCUT2D eigenvalue weighted by Gasteiger charge is 2.50. The van der Waals surface area contributed by atoms with Gasteiger partial charge in [-0.25, -0.2) is 4.39 Å². The second-order valence-corrected chi connectivity index (χ2v) is 7.68. The summed E-state index contributed by atoms with van der Waals surface area (Å²) in [5.41, 5.74) is 1.26. The van der Waals surface area contributed by atoms with Gasteiger partial charge in [-0.15, -0.1) is 0 Å². The molecule has 1 amide bonds. The number of carbonyl (C=O) groups excluding carboxylic acids is 1. The zero-order chi connectivity index (χ0) is 20.3. The third-order valence-electron chi connectivity index (χ3n) is 5.98.